The standard InChI is InChI=1S/C28H35N3O2/c1-3-30(4-2)27(33)28(15-17-31(21-28)26(32)23-11-6-5-7-12-23)19-22-10-8-13-24(18-22)25-14-9-16-29-20-25/h5-6,8-10,13-14,16,18,20,23H,3-4,7,11-12,15,17,19,21H2,1-2H3/t23-,28+/m1/s1. The van der Waals surface area contributed by atoms with Crippen molar-refractivity contribution in [2.75, 3.05) is 26.2 Å². The predicted octanol–water partition coefficient (Wildman–Crippen LogP) is 4.73. The number of allylic oxidation sites excluding steroid dienone is 2. The summed E-state index contributed by atoms with van der Waals surface area (Å²) in [6, 6.07) is 12.4. The minimum atomic E-state index is -0.570. The number of rotatable bonds is 7. The highest BCUT2D eigenvalue weighted by molar-refractivity contribution is 5.86. The molecule has 2 heterocycles. The number of hydrogen-bond donors (Lipinski definition) is 0. The molecule has 0 spiro atoms. The van der Waals surface area contributed by atoms with Gasteiger partial charge < -0.3 is 9.80 Å². The maximum atomic E-state index is 13.8. The lowest BCUT2D eigenvalue weighted by molar-refractivity contribution is -0.142. The number of hydrogen-bond acceptors (Lipinski definition) is 3. The minimum absolute atomic E-state index is 0.0586. The summed E-state index contributed by atoms with van der Waals surface area (Å²) in [6.07, 6.45) is 12.0. The van der Waals surface area contributed by atoms with E-state index < -0.39 is 5.41 Å². The number of aromatic nitrogens is 1. The van der Waals surface area contributed by atoms with E-state index in [-0.39, 0.29) is 17.7 Å². The van der Waals surface area contributed by atoms with E-state index in [1.165, 1.54) is 0 Å². The van der Waals surface area contributed by atoms with Crippen molar-refractivity contribution in [3.05, 3.63) is 66.5 Å². The van der Waals surface area contributed by atoms with Crippen LogP contribution in [0.4, 0.5) is 0 Å². The van der Waals surface area contributed by atoms with Gasteiger partial charge in [-0.05, 0) is 68.7 Å². The van der Waals surface area contributed by atoms with Gasteiger partial charge in [0.25, 0.3) is 0 Å². The van der Waals surface area contributed by atoms with Crippen LogP contribution >= 0.6 is 0 Å². The first kappa shape index (κ1) is 23.2. The molecular formula is C28H35N3O2. The van der Waals surface area contributed by atoms with E-state index in [1.54, 1.807) is 6.20 Å². The summed E-state index contributed by atoms with van der Waals surface area (Å²) in [7, 11) is 0. The van der Waals surface area contributed by atoms with Crippen LogP contribution in [0.3, 0.4) is 0 Å². The van der Waals surface area contributed by atoms with Crippen molar-refractivity contribution in [2.45, 2.75) is 46.0 Å². The van der Waals surface area contributed by atoms with E-state index in [0.717, 1.165) is 36.0 Å². The first-order valence-corrected chi connectivity index (χ1v) is 12.3. The topological polar surface area (TPSA) is 53.5 Å². The number of nitrogens with zero attached hydrogens (tertiary/aromatic N) is 3. The van der Waals surface area contributed by atoms with Crippen LogP contribution in [0.25, 0.3) is 11.1 Å². The zero-order chi connectivity index (χ0) is 23.3. The lowest BCUT2D eigenvalue weighted by atomic mass is 9.78. The van der Waals surface area contributed by atoms with E-state index in [4.69, 9.17) is 0 Å². The molecule has 1 aromatic carbocycles. The second-order valence-electron chi connectivity index (χ2n) is 9.37. The lowest BCUT2D eigenvalue weighted by Gasteiger charge is -2.34. The third-order valence-corrected chi connectivity index (χ3v) is 7.25. The highest BCUT2D eigenvalue weighted by atomic mass is 16.2. The minimum Gasteiger partial charge on any atom is -0.343 e. The number of carbonyl (C=O) groups is 2. The molecule has 5 heteroatoms. The van der Waals surface area contributed by atoms with Gasteiger partial charge in [0.05, 0.1) is 5.41 Å². The summed E-state index contributed by atoms with van der Waals surface area (Å²) in [6.45, 7) is 6.62. The van der Waals surface area contributed by atoms with Crippen LogP contribution in [0.2, 0.25) is 0 Å². The van der Waals surface area contributed by atoms with Crippen LogP contribution in [0.15, 0.2) is 60.9 Å². The van der Waals surface area contributed by atoms with Gasteiger partial charge in [-0.1, -0.05) is 42.5 Å². The molecule has 5 nitrogen and oxygen atoms in total. The molecule has 0 saturated carbocycles. The lowest BCUT2D eigenvalue weighted by Crippen LogP contribution is -2.47. The van der Waals surface area contributed by atoms with E-state index in [2.05, 4.69) is 47.5 Å². The fourth-order valence-corrected chi connectivity index (χ4v) is 5.36. The predicted molar refractivity (Wildman–Crippen MR) is 131 cm³/mol. The van der Waals surface area contributed by atoms with Gasteiger partial charge in [0.15, 0.2) is 0 Å². The highest BCUT2D eigenvalue weighted by Crippen LogP contribution is 2.38. The first-order chi connectivity index (χ1) is 16.1. The van der Waals surface area contributed by atoms with E-state index in [9.17, 15) is 9.59 Å². The van der Waals surface area contributed by atoms with E-state index in [0.29, 0.717) is 39.0 Å². The van der Waals surface area contributed by atoms with Gasteiger partial charge in [0.1, 0.15) is 0 Å². The zero-order valence-corrected chi connectivity index (χ0v) is 19.9. The van der Waals surface area contributed by atoms with Crippen LogP contribution in [0.1, 0.15) is 45.1 Å². The van der Waals surface area contributed by atoms with Crippen LogP contribution < -0.4 is 0 Å². The quantitative estimate of drug-likeness (QED) is 0.579. The van der Waals surface area contributed by atoms with Gasteiger partial charge in [0, 0.05) is 44.5 Å². The Hall–Kier alpha value is -2.95. The van der Waals surface area contributed by atoms with Crippen molar-refractivity contribution in [3.63, 3.8) is 0 Å². The Balaban J connectivity index is 1.60. The fraction of sp³-hybridized carbons (Fsp3) is 0.464. The zero-order valence-electron chi connectivity index (χ0n) is 19.9. The molecule has 0 unspecified atom stereocenters. The Morgan fingerprint density at radius 2 is 1.94 bits per heavy atom. The van der Waals surface area contributed by atoms with Gasteiger partial charge >= 0.3 is 0 Å². The first-order valence-electron chi connectivity index (χ1n) is 12.3. The summed E-state index contributed by atoms with van der Waals surface area (Å²) >= 11 is 0. The SMILES string of the molecule is CCN(CC)C(=O)[C@]1(Cc2cccc(-c3cccnc3)c2)CCN(C(=O)[C@@H]2CC=CCC2)C1. The average Bonchev–Trinajstić information content (AvgIpc) is 3.30. The number of likely N-dealkylation sites (tertiary alicyclic amines) is 1. The van der Waals surface area contributed by atoms with Crippen molar-refractivity contribution in [1.29, 1.82) is 0 Å². The molecular weight excluding hydrogens is 410 g/mol. The highest BCUT2D eigenvalue weighted by Gasteiger charge is 2.48. The van der Waals surface area contributed by atoms with Crippen LogP contribution in [-0.4, -0.2) is 52.8 Å². The Bertz CT molecular complexity index is 999. The fourth-order valence-electron chi connectivity index (χ4n) is 5.36. The Morgan fingerprint density at radius 3 is 2.64 bits per heavy atom. The Kier molecular flexibility index (Phi) is 7.26. The Morgan fingerprint density at radius 1 is 1.12 bits per heavy atom. The van der Waals surface area contributed by atoms with Gasteiger partial charge in [-0.15, -0.1) is 0 Å². The molecule has 2 amide bonds. The molecule has 0 bridgehead atoms. The summed E-state index contributed by atoms with van der Waals surface area (Å²) in [5.41, 5.74) is 2.73. The molecule has 0 N–H and O–H groups in total. The molecule has 33 heavy (non-hydrogen) atoms. The van der Waals surface area contributed by atoms with E-state index >= 15 is 0 Å². The maximum absolute atomic E-state index is 13.8. The smallest absolute Gasteiger partial charge is 0.230 e. The van der Waals surface area contributed by atoms with Crippen molar-refractivity contribution in [2.24, 2.45) is 11.3 Å². The number of amides is 2. The van der Waals surface area contributed by atoms with Crippen LogP contribution in [0.5, 0.6) is 0 Å². The van der Waals surface area contributed by atoms with E-state index in [1.807, 2.05) is 35.9 Å². The molecule has 174 valence electrons. The summed E-state index contributed by atoms with van der Waals surface area (Å²) in [5.74, 6) is 0.457. The second kappa shape index (κ2) is 10.3. The molecule has 2 aromatic rings. The molecule has 0 radical (unpaired) electrons. The molecule has 1 aromatic heterocycles. The van der Waals surface area contributed by atoms with Crippen molar-refractivity contribution >= 4 is 11.8 Å². The van der Waals surface area contributed by atoms with Gasteiger partial charge in [-0.2, -0.15) is 0 Å². The molecule has 2 atom stereocenters. The van der Waals surface area contributed by atoms with Crippen LogP contribution in [0, 0.1) is 11.3 Å². The summed E-state index contributed by atoms with van der Waals surface area (Å²) < 4.78 is 0. The third kappa shape index (κ3) is 5.02. The maximum Gasteiger partial charge on any atom is 0.230 e. The number of benzene rings is 1. The molecule has 1 saturated heterocycles. The molecule has 4 rings (SSSR count). The second-order valence-corrected chi connectivity index (χ2v) is 9.37. The summed E-state index contributed by atoms with van der Waals surface area (Å²) in [5, 5.41) is 0. The van der Waals surface area contributed by atoms with Gasteiger partial charge in [0.2, 0.25) is 11.8 Å². The molecule has 2 aliphatic rings. The summed E-state index contributed by atoms with van der Waals surface area (Å²) in [4.78, 5) is 35.2. The molecule has 1 fully saturated rings. The Labute approximate surface area is 197 Å². The molecule has 1 aliphatic heterocycles. The number of carbonyl (C=O) groups excluding carboxylic acids is 2. The molecule has 1 aliphatic carbocycles. The largest absolute Gasteiger partial charge is 0.343 e. The van der Waals surface area contributed by atoms with Crippen molar-refractivity contribution < 1.29 is 9.59 Å². The van der Waals surface area contributed by atoms with Crippen molar-refractivity contribution in [3.8, 4) is 11.1 Å². The van der Waals surface area contributed by atoms with Crippen LogP contribution in [-0.2, 0) is 16.0 Å². The van der Waals surface area contributed by atoms with Gasteiger partial charge in [-0.25, -0.2) is 0 Å². The third-order valence-electron chi connectivity index (χ3n) is 7.25. The average molecular weight is 446 g/mol. The van der Waals surface area contributed by atoms with Gasteiger partial charge in [-0.3, -0.25) is 14.6 Å². The van der Waals surface area contributed by atoms with Crippen molar-refractivity contribution in [1.82, 2.24) is 14.8 Å². The number of pyridine rings is 1. The normalized spacial score (nSPS) is 22.4. The monoisotopic (exact) mass is 445 g/mol.